The van der Waals surface area contributed by atoms with E-state index in [0.717, 1.165) is 0 Å². The SMILES string of the molecule is Cc1cc(OCCOC(C)(C)C)ccc1F. The molecule has 2 nitrogen and oxygen atoms in total. The molecule has 0 bridgehead atoms. The van der Waals surface area contributed by atoms with Crippen molar-refractivity contribution in [2.24, 2.45) is 0 Å². The summed E-state index contributed by atoms with van der Waals surface area (Å²) in [5, 5.41) is 0. The lowest BCUT2D eigenvalue weighted by molar-refractivity contribution is -0.0163. The first kappa shape index (κ1) is 13.0. The van der Waals surface area contributed by atoms with E-state index in [1.54, 1.807) is 19.1 Å². The van der Waals surface area contributed by atoms with Gasteiger partial charge >= 0.3 is 0 Å². The number of benzene rings is 1. The van der Waals surface area contributed by atoms with Gasteiger partial charge in [0, 0.05) is 0 Å². The summed E-state index contributed by atoms with van der Waals surface area (Å²) in [5.41, 5.74) is 0.441. The summed E-state index contributed by atoms with van der Waals surface area (Å²) >= 11 is 0. The summed E-state index contributed by atoms with van der Waals surface area (Å²) in [6.07, 6.45) is 0. The van der Waals surface area contributed by atoms with Crippen molar-refractivity contribution >= 4 is 0 Å². The Bertz CT molecular complexity index is 342. The molecule has 0 heterocycles. The minimum absolute atomic E-state index is 0.151. The third-order valence-corrected chi connectivity index (χ3v) is 2.02. The molecule has 0 saturated heterocycles. The van der Waals surface area contributed by atoms with Gasteiger partial charge in [-0.1, -0.05) is 0 Å². The molecule has 0 amide bonds. The minimum Gasteiger partial charge on any atom is -0.491 e. The van der Waals surface area contributed by atoms with Gasteiger partial charge in [-0.2, -0.15) is 0 Å². The topological polar surface area (TPSA) is 18.5 Å². The Morgan fingerprint density at radius 1 is 1.19 bits per heavy atom. The summed E-state index contributed by atoms with van der Waals surface area (Å²) in [7, 11) is 0. The van der Waals surface area contributed by atoms with Gasteiger partial charge < -0.3 is 9.47 Å². The van der Waals surface area contributed by atoms with Gasteiger partial charge in [0.2, 0.25) is 0 Å². The lowest BCUT2D eigenvalue weighted by Crippen LogP contribution is -2.22. The number of halogens is 1. The average Bonchev–Trinajstić information content (AvgIpc) is 2.17. The van der Waals surface area contributed by atoms with Gasteiger partial charge in [-0.3, -0.25) is 0 Å². The maximum Gasteiger partial charge on any atom is 0.126 e. The normalized spacial score (nSPS) is 11.6. The lowest BCUT2D eigenvalue weighted by atomic mass is 10.2. The Morgan fingerprint density at radius 2 is 1.88 bits per heavy atom. The highest BCUT2D eigenvalue weighted by Crippen LogP contribution is 2.16. The van der Waals surface area contributed by atoms with Crippen LogP contribution >= 0.6 is 0 Å². The highest BCUT2D eigenvalue weighted by Gasteiger charge is 2.09. The summed E-state index contributed by atoms with van der Waals surface area (Å²) in [4.78, 5) is 0. The predicted octanol–water partition coefficient (Wildman–Crippen LogP) is 3.33. The summed E-state index contributed by atoms with van der Waals surface area (Å²) < 4.78 is 23.9. The smallest absolute Gasteiger partial charge is 0.126 e. The van der Waals surface area contributed by atoms with Crippen LogP contribution in [0.3, 0.4) is 0 Å². The van der Waals surface area contributed by atoms with E-state index in [4.69, 9.17) is 9.47 Å². The van der Waals surface area contributed by atoms with Crippen molar-refractivity contribution in [2.45, 2.75) is 33.3 Å². The summed E-state index contributed by atoms with van der Waals surface area (Å²) in [5.74, 6) is 0.467. The Morgan fingerprint density at radius 3 is 2.44 bits per heavy atom. The standard InChI is InChI=1S/C13H19FO2/c1-10-9-11(5-6-12(10)14)15-7-8-16-13(2,3)4/h5-6,9H,7-8H2,1-4H3. The molecule has 0 aromatic heterocycles. The van der Waals surface area contributed by atoms with E-state index in [-0.39, 0.29) is 11.4 Å². The first-order valence-corrected chi connectivity index (χ1v) is 5.41. The molecular formula is C13H19FO2. The quantitative estimate of drug-likeness (QED) is 0.733. The van der Waals surface area contributed by atoms with Crippen LogP contribution in [-0.4, -0.2) is 18.8 Å². The predicted molar refractivity (Wildman–Crippen MR) is 62.3 cm³/mol. The molecule has 0 aliphatic heterocycles. The van der Waals surface area contributed by atoms with Gasteiger partial charge in [0.15, 0.2) is 0 Å². The monoisotopic (exact) mass is 226 g/mol. The fraction of sp³-hybridized carbons (Fsp3) is 0.538. The molecule has 0 spiro atoms. The molecule has 0 unspecified atom stereocenters. The molecule has 1 aromatic carbocycles. The zero-order valence-corrected chi connectivity index (χ0v) is 10.3. The number of hydrogen-bond acceptors (Lipinski definition) is 2. The van der Waals surface area contributed by atoms with E-state index in [1.807, 2.05) is 20.8 Å². The minimum atomic E-state index is -0.210. The van der Waals surface area contributed by atoms with Crippen molar-refractivity contribution in [3.63, 3.8) is 0 Å². The van der Waals surface area contributed by atoms with Gasteiger partial charge in [-0.25, -0.2) is 4.39 Å². The first-order chi connectivity index (χ1) is 7.38. The molecule has 1 aromatic rings. The van der Waals surface area contributed by atoms with Crippen LogP contribution in [0, 0.1) is 12.7 Å². The molecule has 16 heavy (non-hydrogen) atoms. The molecule has 3 heteroatoms. The first-order valence-electron chi connectivity index (χ1n) is 5.41. The van der Waals surface area contributed by atoms with Crippen LogP contribution in [0.15, 0.2) is 18.2 Å². The molecular weight excluding hydrogens is 207 g/mol. The van der Waals surface area contributed by atoms with Gasteiger partial charge in [0.05, 0.1) is 12.2 Å². The van der Waals surface area contributed by atoms with Gasteiger partial charge in [0.1, 0.15) is 18.2 Å². The number of aryl methyl sites for hydroxylation is 1. The molecule has 0 aliphatic rings. The number of hydrogen-bond donors (Lipinski definition) is 0. The number of ether oxygens (including phenoxy) is 2. The van der Waals surface area contributed by atoms with Crippen molar-refractivity contribution < 1.29 is 13.9 Å². The fourth-order valence-electron chi connectivity index (χ4n) is 1.21. The van der Waals surface area contributed by atoms with E-state index >= 15 is 0 Å². The third kappa shape index (κ3) is 4.62. The van der Waals surface area contributed by atoms with E-state index in [9.17, 15) is 4.39 Å². The molecule has 0 radical (unpaired) electrons. The van der Waals surface area contributed by atoms with Gasteiger partial charge in [-0.15, -0.1) is 0 Å². The molecule has 90 valence electrons. The van der Waals surface area contributed by atoms with Crippen LogP contribution in [0.5, 0.6) is 5.75 Å². The Labute approximate surface area is 96.4 Å². The second kappa shape index (κ2) is 5.30. The van der Waals surface area contributed by atoms with E-state index < -0.39 is 0 Å². The maximum absolute atomic E-state index is 13.0. The Hall–Kier alpha value is -1.09. The largest absolute Gasteiger partial charge is 0.491 e. The average molecular weight is 226 g/mol. The van der Waals surface area contributed by atoms with Crippen LogP contribution in [0.4, 0.5) is 4.39 Å². The number of rotatable bonds is 4. The fourth-order valence-corrected chi connectivity index (χ4v) is 1.21. The second-order valence-corrected chi connectivity index (χ2v) is 4.72. The maximum atomic E-state index is 13.0. The van der Waals surface area contributed by atoms with E-state index in [0.29, 0.717) is 24.5 Å². The Kier molecular flexibility index (Phi) is 4.30. The second-order valence-electron chi connectivity index (χ2n) is 4.72. The van der Waals surface area contributed by atoms with Gasteiger partial charge in [0.25, 0.3) is 0 Å². The van der Waals surface area contributed by atoms with Crippen LogP contribution in [0.1, 0.15) is 26.3 Å². The Balaban J connectivity index is 2.35. The molecule has 0 saturated carbocycles. The van der Waals surface area contributed by atoms with Crippen molar-refractivity contribution in [3.8, 4) is 5.75 Å². The van der Waals surface area contributed by atoms with Crippen LogP contribution in [0.2, 0.25) is 0 Å². The van der Waals surface area contributed by atoms with E-state index in [1.165, 1.54) is 6.07 Å². The zero-order valence-electron chi connectivity index (χ0n) is 10.3. The van der Waals surface area contributed by atoms with Crippen molar-refractivity contribution in [2.75, 3.05) is 13.2 Å². The zero-order chi connectivity index (χ0) is 12.2. The van der Waals surface area contributed by atoms with Crippen molar-refractivity contribution in [1.29, 1.82) is 0 Å². The highest BCUT2D eigenvalue weighted by atomic mass is 19.1. The lowest BCUT2D eigenvalue weighted by Gasteiger charge is -2.19. The van der Waals surface area contributed by atoms with Crippen LogP contribution < -0.4 is 4.74 Å². The summed E-state index contributed by atoms with van der Waals surface area (Å²) in [6.45, 7) is 8.70. The molecule has 0 atom stereocenters. The van der Waals surface area contributed by atoms with E-state index in [2.05, 4.69) is 0 Å². The van der Waals surface area contributed by atoms with Crippen LogP contribution in [0.25, 0.3) is 0 Å². The molecule has 0 aliphatic carbocycles. The highest BCUT2D eigenvalue weighted by molar-refractivity contribution is 5.28. The third-order valence-electron chi connectivity index (χ3n) is 2.02. The van der Waals surface area contributed by atoms with Crippen molar-refractivity contribution in [1.82, 2.24) is 0 Å². The molecule has 1 rings (SSSR count). The van der Waals surface area contributed by atoms with Crippen LogP contribution in [-0.2, 0) is 4.74 Å². The summed E-state index contributed by atoms with van der Waals surface area (Å²) in [6, 6.07) is 4.72. The molecule has 0 N–H and O–H groups in total. The molecule has 0 fully saturated rings. The van der Waals surface area contributed by atoms with Gasteiger partial charge in [-0.05, 0) is 51.5 Å². The van der Waals surface area contributed by atoms with Crippen molar-refractivity contribution in [3.05, 3.63) is 29.6 Å².